The van der Waals surface area contributed by atoms with Gasteiger partial charge in [-0.25, -0.2) is 19.4 Å². The molecule has 0 unspecified atom stereocenters. The van der Waals surface area contributed by atoms with Crippen molar-refractivity contribution in [1.82, 2.24) is 9.97 Å². The molecule has 0 fully saturated rings. The molecule has 0 aliphatic carbocycles. The van der Waals surface area contributed by atoms with E-state index in [1.807, 2.05) is 30.3 Å². The van der Waals surface area contributed by atoms with Gasteiger partial charge in [0.05, 0.1) is 5.52 Å². The van der Waals surface area contributed by atoms with Gasteiger partial charge in [-0.3, -0.25) is 5.21 Å². The number of nitrogens with zero attached hydrogens (tertiary/aromatic N) is 3. The van der Waals surface area contributed by atoms with Gasteiger partial charge in [-0.15, -0.1) is 0 Å². The Morgan fingerprint density at radius 3 is 2.61 bits per heavy atom. The highest BCUT2D eigenvalue weighted by Gasteiger charge is 2.16. The van der Waals surface area contributed by atoms with Crippen LogP contribution >= 0.6 is 11.6 Å². The van der Waals surface area contributed by atoms with Gasteiger partial charge in [0.25, 0.3) is 0 Å². The zero-order chi connectivity index (χ0) is 19.5. The molecule has 1 aromatic heterocycles. The van der Waals surface area contributed by atoms with Crippen molar-refractivity contribution in [2.24, 2.45) is 0 Å². The van der Waals surface area contributed by atoms with E-state index in [0.717, 1.165) is 11.6 Å². The molecule has 0 saturated heterocycles. The fourth-order valence-electron chi connectivity index (χ4n) is 2.79. The molecule has 0 aliphatic rings. The average Bonchev–Trinajstić information content (AvgIpc) is 2.72. The predicted molar refractivity (Wildman–Crippen MR) is 106 cm³/mol. The second-order valence-corrected chi connectivity index (χ2v) is 6.49. The van der Waals surface area contributed by atoms with E-state index in [1.54, 1.807) is 18.2 Å². The van der Waals surface area contributed by atoms with Crippen LogP contribution in [0.4, 0.5) is 15.9 Å². The molecule has 0 saturated carbocycles. The van der Waals surface area contributed by atoms with E-state index < -0.39 is 5.82 Å². The van der Waals surface area contributed by atoms with Crippen LogP contribution in [0.5, 0.6) is 5.75 Å². The Bertz CT molecular complexity index is 1130. The Morgan fingerprint density at radius 2 is 1.82 bits per heavy atom. The van der Waals surface area contributed by atoms with Gasteiger partial charge < -0.3 is 4.74 Å². The standard InChI is InChI=1S/C21H15ClFN3O2/c22-15-6-9-20(18(23)10-15)26(27)21-17-8-7-16(11-19(17)24-13-25-21)28-12-14-4-2-1-3-5-14/h1-11,13,27H,12H2. The summed E-state index contributed by atoms with van der Waals surface area (Å²) in [4.78, 5) is 8.32. The van der Waals surface area contributed by atoms with Crippen LogP contribution in [0.3, 0.4) is 0 Å². The molecule has 0 aliphatic heterocycles. The Morgan fingerprint density at radius 1 is 1.00 bits per heavy atom. The topological polar surface area (TPSA) is 58.5 Å². The summed E-state index contributed by atoms with van der Waals surface area (Å²) in [5, 5.41) is 12.0. The lowest BCUT2D eigenvalue weighted by Crippen LogP contribution is -2.14. The van der Waals surface area contributed by atoms with Gasteiger partial charge in [-0.1, -0.05) is 41.9 Å². The van der Waals surface area contributed by atoms with Crippen LogP contribution in [-0.2, 0) is 6.61 Å². The third-order valence-electron chi connectivity index (χ3n) is 4.17. The van der Waals surface area contributed by atoms with Crippen molar-refractivity contribution in [3.8, 4) is 5.75 Å². The maximum Gasteiger partial charge on any atom is 0.169 e. The highest BCUT2D eigenvalue weighted by Crippen LogP contribution is 2.32. The molecule has 7 heteroatoms. The molecule has 4 rings (SSSR count). The lowest BCUT2D eigenvalue weighted by molar-refractivity contribution is 0.294. The normalized spacial score (nSPS) is 10.8. The number of benzene rings is 3. The second-order valence-electron chi connectivity index (χ2n) is 6.06. The fraction of sp³-hybridized carbons (Fsp3) is 0.0476. The summed E-state index contributed by atoms with van der Waals surface area (Å²) in [7, 11) is 0. The van der Waals surface area contributed by atoms with Crippen molar-refractivity contribution in [2.45, 2.75) is 6.61 Å². The van der Waals surface area contributed by atoms with Crippen LogP contribution in [0, 0.1) is 5.82 Å². The minimum absolute atomic E-state index is 0.0613. The molecule has 5 nitrogen and oxygen atoms in total. The van der Waals surface area contributed by atoms with Gasteiger partial charge in [0.2, 0.25) is 0 Å². The van der Waals surface area contributed by atoms with Crippen molar-refractivity contribution in [3.63, 3.8) is 0 Å². The lowest BCUT2D eigenvalue weighted by atomic mass is 10.2. The molecule has 4 aromatic rings. The minimum atomic E-state index is -0.662. The number of rotatable bonds is 5. The third kappa shape index (κ3) is 3.74. The molecule has 0 bridgehead atoms. The Labute approximate surface area is 165 Å². The number of hydrogen-bond donors (Lipinski definition) is 1. The summed E-state index contributed by atoms with van der Waals surface area (Å²) < 4.78 is 20.0. The van der Waals surface area contributed by atoms with Crippen molar-refractivity contribution in [2.75, 3.05) is 5.06 Å². The zero-order valence-corrected chi connectivity index (χ0v) is 15.3. The van der Waals surface area contributed by atoms with E-state index in [0.29, 0.717) is 28.3 Å². The minimum Gasteiger partial charge on any atom is -0.489 e. The van der Waals surface area contributed by atoms with Crippen molar-refractivity contribution in [1.29, 1.82) is 0 Å². The molecule has 3 aromatic carbocycles. The number of fused-ring (bicyclic) bond motifs is 1. The van der Waals surface area contributed by atoms with Crippen LogP contribution in [-0.4, -0.2) is 15.2 Å². The average molecular weight is 396 g/mol. The van der Waals surface area contributed by atoms with Crippen LogP contribution in [0.15, 0.2) is 73.1 Å². The summed E-state index contributed by atoms with van der Waals surface area (Å²) >= 11 is 5.77. The molecule has 0 radical (unpaired) electrons. The van der Waals surface area contributed by atoms with E-state index >= 15 is 0 Å². The number of hydrogen-bond acceptors (Lipinski definition) is 5. The lowest BCUT2D eigenvalue weighted by Gasteiger charge is -2.18. The maximum absolute atomic E-state index is 14.2. The summed E-state index contributed by atoms with van der Waals surface area (Å²) in [5.74, 6) is 0.119. The Balaban J connectivity index is 1.63. The molecule has 0 amide bonds. The first-order valence-electron chi connectivity index (χ1n) is 8.47. The number of ether oxygens (including phenoxy) is 1. The molecular formula is C21H15ClFN3O2. The van der Waals surface area contributed by atoms with Crippen molar-refractivity contribution in [3.05, 3.63) is 89.5 Å². The zero-order valence-electron chi connectivity index (χ0n) is 14.6. The highest BCUT2D eigenvalue weighted by molar-refractivity contribution is 6.30. The molecule has 140 valence electrons. The fourth-order valence-corrected chi connectivity index (χ4v) is 2.95. The van der Waals surface area contributed by atoms with Gasteiger partial charge in [0, 0.05) is 16.5 Å². The van der Waals surface area contributed by atoms with Crippen LogP contribution < -0.4 is 9.80 Å². The predicted octanol–water partition coefficient (Wildman–Crippen LogP) is 5.53. The van der Waals surface area contributed by atoms with Gasteiger partial charge >= 0.3 is 0 Å². The van der Waals surface area contributed by atoms with Crippen LogP contribution in [0.25, 0.3) is 10.9 Å². The molecular weight excluding hydrogens is 381 g/mol. The largest absolute Gasteiger partial charge is 0.489 e. The maximum atomic E-state index is 14.2. The number of halogens is 2. The van der Waals surface area contributed by atoms with Gasteiger partial charge in [0.1, 0.15) is 24.4 Å². The van der Waals surface area contributed by atoms with E-state index in [9.17, 15) is 9.60 Å². The summed E-state index contributed by atoms with van der Waals surface area (Å²) in [6.45, 7) is 0.423. The van der Waals surface area contributed by atoms with Crippen molar-refractivity contribution >= 4 is 34.0 Å². The first-order valence-corrected chi connectivity index (χ1v) is 8.85. The monoisotopic (exact) mass is 395 g/mol. The number of anilines is 2. The quantitative estimate of drug-likeness (QED) is 0.450. The van der Waals surface area contributed by atoms with E-state index in [-0.39, 0.29) is 16.5 Å². The Kier molecular flexibility index (Phi) is 5.06. The van der Waals surface area contributed by atoms with Gasteiger partial charge in [-0.05, 0) is 35.9 Å². The molecule has 1 N–H and O–H groups in total. The van der Waals surface area contributed by atoms with Gasteiger partial charge in [0.15, 0.2) is 11.6 Å². The molecule has 0 spiro atoms. The summed E-state index contributed by atoms with van der Waals surface area (Å²) in [5.41, 5.74) is 1.54. The summed E-state index contributed by atoms with van der Waals surface area (Å²) in [6, 6.07) is 19.0. The van der Waals surface area contributed by atoms with E-state index in [4.69, 9.17) is 16.3 Å². The first kappa shape index (κ1) is 18.2. The Hall–Kier alpha value is -3.22. The first-order chi connectivity index (χ1) is 13.6. The second kappa shape index (κ2) is 7.80. The third-order valence-corrected chi connectivity index (χ3v) is 4.41. The van der Waals surface area contributed by atoms with Gasteiger partial charge in [-0.2, -0.15) is 0 Å². The smallest absolute Gasteiger partial charge is 0.169 e. The molecule has 0 atom stereocenters. The molecule has 1 heterocycles. The van der Waals surface area contributed by atoms with E-state index in [1.165, 1.54) is 18.5 Å². The summed E-state index contributed by atoms with van der Waals surface area (Å²) in [6.07, 6.45) is 1.30. The van der Waals surface area contributed by atoms with Crippen LogP contribution in [0.1, 0.15) is 5.56 Å². The highest BCUT2D eigenvalue weighted by atomic mass is 35.5. The molecule has 28 heavy (non-hydrogen) atoms. The number of aromatic nitrogens is 2. The SMILES string of the molecule is ON(c1ccc(Cl)cc1F)c1ncnc2cc(OCc3ccccc3)ccc12. The van der Waals surface area contributed by atoms with Crippen molar-refractivity contribution < 1.29 is 14.3 Å². The van der Waals surface area contributed by atoms with E-state index in [2.05, 4.69) is 9.97 Å². The van der Waals surface area contributed by atoms with Crippen LogP contribution in [0.2, 0.25) is 5.02 Å².